The summed E-state index contributed by atoms with van der Waals surface area (Å²) in [6.07, 6.45) is 1.23. The van der Waals surface area contributed by atoms with Gasteiger partial charge in [0.05, 0.1) is 13.4 Å². The van der Waals surface area contributed by atoms with Crippen LogP contribution < -0.4 is 14.8 Å². The molecule has 1 aromatic carbocycles. The predicted octanol–water partition coefficient (Wildman–Crippen LogP) is -0.233. The highest BCUT2D eigenvalue weighted by Crippen LogP contribution is 2.25. The molecule has 1 heterocycles. The smallest absolute Gasteiger partial charge is 0.257 e. The van der Waals surface area contributed by atoms with E-state index in [1.165, 1.54) is 10.6 Å². The van der Waals surface area contributed by atoms with Crippen LogP contribution in [-0.2, 0) is 14.8 Å². The first-order chi connectivity index (χ1) is 11.9. The zero-order valence-electron chi connectivity index (χ0n) is 14.6. The normalized spacial score (nSPS) is 16.4. The van der Waals surface area contributed by atoms with E-state index < -0.39 is 10.0 Å². The van der Waals surface area contributed by atoms with Crippen LogP contribution in [-0.4, -0.2) is 82.8 Å². The Morgan fingerprint density at radius 3 is 2.40 bits per heavy atom. The number of carbonyl (C=O) groups is 1. The van der Waals surface area contributed by atoms with Crippen LogP contribution in [0.2, 0.25) is 0 Å². The van der Waals surface area contributed by atoms with Gasteiger partial charge in [0.1, 0.15) is 0 Å². The molecule has 8 nitrogen and oxygen atoms in total. The standard InChI is InChI=1S/C16H25N3O5S/c1-23-14-5-3-4-6-15(14)24-13-16(20)17-7-8-18-9-11-19(12-10-18)25(2,21)22/h3-6H,7-13H2,1-2H3,(H,17,20). The molecule has 0 radical (unpaired) electrons. The molecule has 1 aliphatic rings. The molecule has 1 fully saturated rings. The molecule has 140 valence electrons. The van der Waals surface area contributed by atoms with Crippen LogP contribution in [0.3, 0.4) is 0 Å². The number of piperazine rings is 1. The van der Waals surface area contributed by atoms with E-state index in [0.29, 0.717) is 50.8 Å². The third kappa shape index (κ3) is 6.18. The van der Waals surface area contributed by atoms with Crippen molar-refractivity contribution in [1.82, 2.24) is 14.5 Å². The molecule has 25 heavy (non-hydrogen) atoms. The van der Waals surface area contributed by atoms with E-state index in [4.69, 9.17) is 9.47 Å². The number of carbonyl (C=O) groups excluding carboxylic acids is 1. The molecule has 0 aliphatic carbocycles. The quantitative estimate of drug-likeness (QED) is 0.679. The zero-order chi connectivity index (χ0) is 18.3. The van der Waals surface area contributed by atoms with Crippen molar-refractivity contribution in [2.45, 2.75) is 0 Å². The molecule has 0 aromatic heterocycles. The lowest BCUT2D eigenvalue weighted by Gasteiger charge is -2.33. The van der Waals surface area contributed by atoms with Gasteiger partial charge in [-0.25, -0.2) is 8.42 Å². The van der Waals surface area contributed by atoms with Crippen LogP contribution in [0.4, 0.5) is 0 Å². The predicted molar refractivity (Wildman–Crippen MR) is 94.4 cm³/mol. The van der Waals surface area contributed by atoms with Crippen molar-refractivity contribution in [3.63, 3.8) is 0 Å². The molecule has 9 heteroatoms. The lowest BCUT2D eigenvalue weighted by atomic mass is 10.3. The van der Waals surface area contributed by atoms with E-state index in [9.17, 15) is 13.2 Å². The van der Waals surface area contributed by atoms with Crippen molar-refractivity contribution in [2.24, 2.45) is 0 Å². The summed E-state index contributed by atoms with van der Waals surface area (Å²) in [7, 11) is -1.57. The van der Waals surface area contributed by atoms with Crippen LogP contribution in [0.15, 0.2) is 24.3 Å². The van der Waals surface area contributed by atoms with E-state index in [2.05, 4.69) is 10.2 Å². The highest BCUT2D eigenvalue weighted by atomic mass is 32.2. The summed E-state index contributed by atoms with van der Waals surface area (Å²) in [6, 6.07) is 7.15. The first-order valence-electron chi connectivity index (χ1n) is 8.10. The van der Waals surface area contributed by atoms with Crippen molar-refractivity contribution >= 4 is 15.9 Å². The SMILES string of the molecule is COc1ccccc1OCC(=O)NCCN1CCN(S(C)(=O)=O)CC1. The summed E-state index contributed by atoms with van der Waals surface area (Å²) in [5, 5.41) is 2.80. The van der Waals surface area contributed by atoms with Crippen molar-refractivity contribution < 1.29 is 22.7 Å². The summed E-state index contributed by atoms with van der Waals surface area (Å²) in [4.78, 5) is 14.0. The Hall–Kier alpha value is -1.84. The number of rotatable bonds is 8. The molecule has 2 rings (SSSR count). The number of hydrogen-bond acceptors (Lipinski definition) is 6. The Morgan fingerprint density at radius 1 is 1.16 bits per heavy atom. The van der Waals surface area contributed by atoms with Crippen molar-refractivity contribution in [3.05, 3.63) is 24.3 Å². The first kappa shape index (κ1) is 19.5. The van der Waals surface area contributed by atoms with Gasteiger partial charge in [-0.1, -0.05) is 12.1 Å². The maximum atomic E-state index is 11.9. The second-order valence-electron chi connectivity index (χ2n) is 5.79. The summed E-state index contributed by atoms with van der Waals surface area (Å²) < 4.78 is 35.0. The number of ether oxygens (including phenoxy) is 2. The number of methoxy groups -OCH3 is 1. The van der Waals surface area contributed by atoms with Gasteiger partial charge in [0, 0.05) is 39.3 Å². The second-order valence-corrected chi connectivity index (χ2v) is 7.78. The zero-order valence-corrected chi connectivity index (χ0v) is 15.4. The Balaban J connectivity index is 1.64. The summed E-state index contributed by atoms with van der Waals surface area (Å²) in [5.41, 5.74) is 0. The molecule has 0 spiro atoms. The molecule has 1 aliphatic heterocycles. The summed E-state index contributed by atoms with van der Waals surface area (Å²) >= 11 is 0. The van der Waals surface area contributed by atoms with Crippen LogP contribution in [0.1, 0.15) is 0 Å². The number of nitrogens with one attached hydrogen (secondary N) is 1. The second kappa shape index (κ2) is 9.02. The Labute approximate surface area is 148 Å². The summed E-state index contributed by atoms with van der Waals surface area (Å²) in [5.74, 6) is 0.900. The lowest BCUT2D eigenvalue weighted by Crippen LogP contribution is -2.50. The summed E-state index contributed by atoms with van der Waals surface area (Å²) in [6.45, 7) is 3.40. The van der Waals surface area contributed by atoms with Crippen molar-refractivity contribution in [2.75, 3.05) is 59.2 Å². The number of sulfonamides is 1. The number of benzene rings is 1. The third-order valence-corrected chi connectivity index (χ3v) is 5.28. The van der Waals surface area contributed by atoms with Gasteiger partial charge < -0.3 is 14.8 Å². The number of amides is 1. The largest absolute Gasteiger partial charge is 0.493 e. The lowest BCUT2D eigenvalue weighted by molar-refractivity contribution is -0.123. The van der Waals surface area contributed by atoms with Crippen LogP contribution in [0.25, 0.3) is 0 Å². The van der Waals surface area contributed by atoms with Crippen LogP contribution in [0.5, 0.6) is 11.5 Å². The van der Waals surface area contributed by atoms with E-state index in [-0.39, 0.29) is 12.5 Å². The number of para-hydroxylation sites is 2. The van der Waals surface area contributed by atoms with Gasteiger partial charge in [-0.2, -0.15) is 4.31 Å². The average molecular weight is 371 g/mol. The van der Waals surface area contributed by atoms with Gasteiger partial charge in [0.2, 0.25) is 10.0 Å². The third-order valence-electron chi connectivity index (χ3n) is 3.98. The minimum atomic E-state index is -3.11. The minimum absolute atomic E-state index is 0.0811. The van der Waals surface area contributed by atoms with Gasteiger partial charge in [-0.15, -0.1) is 0 Å². The van der Waals surface area contributed by atoms with Crippen LogP contribution in [0, 0.1) is 0 Å². The molecule has 0 saturated carbocycles. The fourth-order valence-corrected chi connectivity index (χ4v) is 3.40. The maximum Gasteiger partial charge on any atom is 0.257 e. The number of nitrogens with zero attached hydrogens (tertiary/aromatic N) is 2. The van der Waals surface area contributed by atoms with E-state index in [1.54, 1.807) is 19.2 Å². The van der Waals surface area contributed by atoms with Gasteiger partial charge in [0.25, 0.3) is 5.91 Å². The van der Waals surface area contributed by atoms with E-state index in [1.807, 2.05) is 12.1 Å². The minimum Gasteiger partial charge on any atom is -0.493 e. The molecule has 0 unspecified atom stereocenters. The highest BCUT2D eigenvalue weighted by molar-refractivity contribution is 7.88. The van der Waals surface area contributed by atoms with E-state index in [0.717, 1.165) is 0 Å². The van der Waals surface area contributed by atoms with Crippen LogP contribution >= 0.6 is 0 Å². The molecule has 1 N–H and O–H groups in total. The van der Waals surface area contributed by atoms with Crippen molar-refractivity contribution in [1.29, 1.82) is 0 Å². The molecular weight excluding hydrogens is 346 g/mol. The van der Waals surface area contributed by atoms with Gasteiger partial charge >= 0.3 is 0 Å². The average Bonchev–Trinajstić information content (AvgIpc) is 2.60. The molecular formula is C16H25N3O5S. The highest BCUT2D eigenvalue weighted by Gasteiger charge is 2.22. The Morgan fingerprint density at radius 2 is 1.80 bits per heavy atom. The molecule has 1 amide bonds. The van der Waals surface area contributed by atoms with Gasteiger partial charge in [0.15, 0.2) is 18.1 Å². The molecule has 0 bridgehead atoms. The number of hydrogen-bond donors (Lipinski definition) is 1. The molecule has 1 saturated heterocycles. The van der Waals surface area contributed by atoms with Gasteiger partial charge in [-0.05, 0) is 12.1 Å². The maximum absolute atomic E-state index is 11.9. The molecule has 1 aromatic rings. The van der Waals surface area contributed by atoms with Gasteiger partial charge in [-0.3, -0.25) is 9.69 Å². The first-order valence-corrected chi connectivity index (χ1v) is 9.95. The fourth-order valence-electron chi connectivity index (χ4n) is 2.57. The fraction of sp³-hybridized carbons (Fsp3) is 0.562. The topological polar surface area (TPSA) is 88.2 Å². The van der Waals surface area contributed by atoms with E-state index >= 15 is 0 Å². The monoisotopic (exact) mass is 371 g/mol. The molecule has 0 atom stereocenters. The Kier molecular flexibility index (Phi) is 7.03. The Bertz CT molecular complexity index is 672. The van der Waals surface area contributed by atoms with Crippen molar-refractivity contribution in [3.8, 4) is 11.5 Å².